The van der Waals surface area contributed by atoms with Gasteiger partial charge in [-0.3, -0.25) is 4.79 Å². The Morgan fingerprint density at radius 1 is 1.35 bits per heavy atom. The van der Waals surface area contributed by atoms with Gasteiger partial charge in [-0.15, -0.1) is 0 Å². The molecule has 0 saturated heterocycles. The maximum absolute atomic E-state index is 12.1. The van der Waals surface area contributed by atoms with E-state index in [1.807, 2.05) is 39.0 Å². The Labute approximate surface area is 112 Å². The zero-order valence-electron chi connectivity index (χ0n) is 10.9. The molecule has 0 aliphatic rings. The smallest absolute Gasteiger partial charge is 0.251 e. The molecule has 3 heteroatoms. The zero-order chi connectivity index (χ0) is 13.1. The van der Waals surface area contributed by atoms with Gasteiger partial charge in [0.15, 0.2) is 0 Å². The number of halogens is 1. The van der Waals surface area contributed by atoms with Crippen molar-refractivity contribution >= 4 is 21.8 Å². The Kier molecular flexibility index (Phi) is 4.75. The predicted octanol–water partition coefficient (Wildman–Crippen LogP) is 3.60. The minimum Gasteiger partial charge on any atom is -0.346 e. The summed E-state index contributed by atoms with van der Waals surface area (Å²) in [5.74, 6) is -0.00287. The minimum absolute atomic E-state index is 0.00287. The summed E-state index contributed by atoms with van der Waals surface area (Å²) in [6.45, 7) is 8.18. The van der Waals surface area contributed by atoms with E-state index in [9.17, 15) is 4.79 Å². The molecule has 1 rings (SSSR count). The molecule has 1 aromatic rings. The van der Waals surface area contributed by atoms with Gasteiger partial charge in [0, 0.05) is 16.4 Å². The van der Waals surface area contributed by atoms with Crippen molar-refractivity contribution in [3.05, 3.63) is 34.9 Å². The van der Waals surface area contributed by atoms with Crippen molar-refractivity contribution in [2.75, 3.05) is 5.33 Å². The lowest BCUT2D eigenvalue weighted by Gasteiger charge is -2.27. The lowest BCUT2D eigenvalue weighted by atomic mass is 10.00. The molecule has 2 nitrogen and oxygen atoms in total. The lowest BCUT2D eigenvalue weighted by molar-refractivity contribution is 0.0913. The molecular formula is C14H20BrNO. The van der Waals surface area contributed by atoms with E-state index >= 15 is 0 Å². The number of carbonyl (C=O) groups is 1. The van der Waals surface area contributed by atoms with Crippen LogP contribution in [0, 0.1) is 13.8 Å². The first-order chi connectivity index (χ1) is 7.91. The summed E-state index contributed by atoms with van der Waals surface area (Å²) in [6, 6.07) is 5.80. The third-order valence-electron chi connectivity index (χ3n) is 3.26. The summed E-state index contributed by atoms with van der Waals surface area (Å²) >= 11 is 3.44. The normalized spacial score (nSPS) is 14.2. The minimum atomic E-state index is -0.185. The average Bonchev–Trinajstić information content (AvgIpc) is 2.32. The molecule has 1 amide bonds. The number of rotatable bonds is 4. The van der Waals surface area contributed by atoms with Gasteiger partial charge in [-0.05, 0) is 50.5 Å². The van der Waals surface area contributed by atoms with Crippen LogP contribution in [-0.4, -0.2) is 16.8 Å². The zero-order valence-corrected chi connectivity index (χ0v) is 12.5. The molecule has 1 aromatic carbocycles. The van der Waals surface area contributed by atoms with Crippen LogP contribution < -0.4 is 5.32 Å². The van der Waals surface area contributed by atoms with Crippen LogP contribution >= 0.6 is 15.9 Å². The van der Waals surface area contributed by atoms with E-state index in [1.54, 1.807) is 0 Å². The molecule has 0 saturated carbocycles. The highest BCUT2D eigenvalue weighted by molar-refractivity contribution is 9.09. The van der Waals surface area contributed by atoms with Crippen LogP contribution in [0.15, 0.2) is 18.2 Å². The van der Waals surface area contributed by atoms with Gasteiger partial charge >= 0.3 is 0 Å². The Morgan fingerprint density at radius 3 is 2.47 bits per heavy atom. The number of carbonyl (C=O) groups excluding carboxylic acids is 1. The van der Waals surface area contributed by atoms with E-state index < -0.39 is 0 Å². The summed E-state index contributed by atoms with van der Waals surface area (Å²) in [6.07, 6.45) is 0.898. The van der Waals surface area contributed by atoms with Crippen LogP contribution in [0.1, 0.15) is 41.8 Å². The first kappa shape index (κ1) is 14.2. The Bertz CT molecular complexity index is 411. The molecule has 17 heavy (non-hydrogen) atoms. The molecule has 1 unspecified atom stereocenters. The predicted molar refractivity (Wildman–Crippen MR) is 75.9 cm³/mol. The summed E-state index contributed by atoms with van der Waals surface area (Å²) in [4.78, 5) is 12.1. The molecule has 0 heterocycles. The van der Waals surface area contributed by atoms with Gasteiger partial charge in [-0.25, -0.2) is 0 Å². The Balaban J connectivity index is 2.86. The van der Waals surface area contributed by atoms with Crippen LogP contribution in [0.2, 0.25) is 0 Å². The molecule has 0 radical (unpaired) electrons. The van der Waals surface area contributed by atoms with Gasteiger partial charge in [0.05, 0.1) is 0 Å². The van der Waals surface area contributed by atoms with Gasteiger partial charge in [-0.2, -0.15) is 0 Å². The maximum atomic E-state index is 12.1. The molecular weight excluding hydrogens is 278 g/mol. The van der Waals surface area contributed by atoms with E-state index in [1.165, 1.54) is 5.56 Å². The van der Waals surface area contributed by atoms with E-state index in [-0.39, 0.29) is 11.4 Å². The van der Waals surface area contributed by atoms with Crippen LogP contribution in [0.3, 0.4) is 0 Å². The van der Waals surface area contributed by atoms with Crippen molar-refractivity contribution in [3.8, 4) is 0 Å². The molecule has 0 aromatic heterocycles. The number of nitrogens with one attached hydrogen (secondary N) is 1. The standard InChI is InChI=1S/C14H20BrNO/c1-5-14(4,9-15)16-13(17)12-7-6-10(2)11(3)8-12/h6-8H,5,9H2,1-4H3,(H,16,17). The number of benzene rings is 1. The maximum Gasteiger partial charge on any atom is 0.251 e. The highest BCUT2D eigenvalue weighted by atomic mass is 79.9. The highest BCUT2D eigenvalue weighted by Gasteiger charge is 2.23. The van der Waals surface area contributed by atoms with Gasteiger partial charge in [0.25, 0.3) is 5.91 Å². The number of hydrogen-bond acceptors (Lipinski definition) is 1. The van der Waals surface area contributed by atoms with Gasteiger partial charge in [0.2, 0.25) is 0 Å². The fourth-order valence-corrected chi connectivity index (χ4v) is 1.98. The topological polar surface area (TPSA) is 29.1 Å². The largest absolute Gasteiger partial charge is 0.346 e. The van der Waals surface area contributed by atoms with Crippen molar-refractivity contribution in [1.29, 1.82) is 0 Å². The fraction of sp³-hybridized carbons (Fsp3) is 0.500. The van der Waals surface area contributed by atoms with E-state index in [2.05, 4.69) is 28.2 Å². The fourth-order valence-electron chi connectivity index (χ4n) is 1.45. The third-order valence-corrected chi connectivity index (χ3v) is 4.50. The van der Waals surface area contributed by atoms with Gasteiger partial charge in [-0.1, -0.05) is 28.9 Å². The lowest BCUT2D eigenvalue weighted by Crippen LogP contribution is -2.46. The van der Waals surface area contributed by atoms with Crippen molar-refractivity contribution in [2.45, 2.75) is 39.7 Å². The summed E-state index contributed by atoms with van der Waals surface area (Å²) < 4.78 is 0. The molecule has 1 atom stereocenters. The second-order valence-electron chi connectivity index (χ2n) is 4.80. The van der Waals surface area contributed by atoms with E-state index in [0.717, 1.165) is 22.9 Å². The average molecular weight is 298 g/mol. The molecule has 0 aliphatic heterocycles. The van der Waals surface area contributed by atoms with Crippen molar-refractivity contribution in [1.82, 2.24) is 5.32 Å². The number of alkyl halides is 1. The molecule has 0 fully saturated rings. The van der Waals surface area contributed by atoms with E-state index in [0.29, 0.717) is 0 Å². The first-order valence-electron chi connectivity index (χ1n) is 5.87. The SMILES string of the molecule is CCC(C)(CBr)NC(=O)c1ccc(C)c(C)c1. The molecule has 0 aliphatic carbocycles. The van der Waals surface area contributed by atoms with E-state index in [4.69, 9.17) is 0 Å². The van der Waals surface area contributed by atoms with Crippen LogP contribution in [0.25, 0.3) is 0 Å². The van der Waals surface area contributed by atoms with Gasteiger partial charge < -0.3 is 5.32 Å². The summed E-state index contributed by atoms with van der Waals surface area (Å²) in [7, 11) is 0. The van der Waals surface area contributed by atoms with Crippen molar-refractivity contribution < 1.29 is 4.79 Å². The van der Waals surface area contributed by atoms with Crippen LogP contribution in [-0.2, 0) is 0 Å². The molecule has 94 valence electrons. The third kappa shape index (κ3) is 3.56. The highest BCUT2D eigenvalue weighted by Crippen LogP contribution is 2.15. The summed E-state index contributed by atoms with van der Waals surface area (Å²) in [5.41, 5.74) is 2.90. The van der Waals surface area contributed by atoms with Crippen LogP contribution in [0.5, 0.6) is 0 Å². The number of hydrogen-bond donors (Lipinski definition) is 1. The van der Waals surface area contributed by atoms with Crippen LogP contribution in [0.4, 0.5) is 0 Å². The first-order valence-corrected chi connectivity index (χ1v) is 7.00. The monoisotopic (exact) mass is 297 g/mol. The van der Waals surface area contributed by atoms with Crippen molar-refractivity contribution in [3.63, 3.8) is 0 Å². The second-order valence-corrected chi connectivity index (χ2v) is 5.36. The molecule has 0 spiro atoms. The molecule has 0 bridgehead atoms. The number of amides is 1. The second kappa shape index (κ2) is 5.67. The Hall–Kier alpha value is -0.830. The summed E-state index contributed by atoms with van der Waals surface area (Å²) in [5, 5.41) is 3.83. The van der Waals surface area contributed by atoms with Gasteiger partial charge in [0.1, 0.15) is 0 Å². The Morgan fingerprint density at radius 2 is 2.00 bits per heavy atom. The number of aryl methyl sites for hydroxylation is 2. The molecule has 1 N–H and O–H groups in total. The van der Waals surface area contributed by atoms with Crippen molar-refractivity contribution in [2.24, 2.45) is 0 Å². The quantitative estimate of drug-likeness (QED) is 0.846.